The molecule has 7 heteroatoms. The molecule has 1 saturated heterocycles. The lowest BCUT2D eigenvalue weighted by molar-refractivity contribution is -0.139. The topological polar surface area (TPSA) is 69.7 Å². The minimum absolute atomic E-state index is 0.125. The molecule has 27 heavy (non-hydrogen) atoms. The van der Waals surface area contributed by atoms with Crippen LogP contribution in [0.5, 0.6) is 0 Å². The summed E-state index contributed by atoms with van der Waals surface area (Å²) in [5.74, 6) is -0.409. The number of benzene rings is 1. The molecule has 1 N–H and O–H groups in total. The Morgan fingerprint density at radius 2 is 1.81 bits per heavy atom. The normalized spacial score (nSPS) is 15.4. The predicted octanol–water partition coefficient (Wildman–Crippen LogP) is 2.43. The smallest absolute Gasteiger partial charge is 0.251 e. The van der Waals surface area contributed by atoms with Crippen LogP contribution < -0.4 is 5.32 Å². The molecule has 0 radical (unpaired) electrons. The third kappa shape index (κ3) is 4.61. The van der Waals surface area contributed by atoms with Crippen molar-refractivity contribution in [1.29, 1.82) is 0 Å². The van der Waals surface area contributed by atoms with E-state index in [-0.39, 0.29) is 43.1 Å². The van der Waals surface area contributed by atoms with Gasteiger partial charge in [-0.05, 0) is 43.2 Å². The standard InChI is InChI=1S/C20H23N3O3S/c1-22(2)16(17-4-3-11-27-17)12-21-20(26)15-7-5-14(6-8-15)13-23-18(24)9-10-19(23)25/h3-8,11,16H,9-10,12-13H2,1-2H3,(H,21,26). The van der Waals surface area contributed by atoms with Gasteiger partial charge in [0.05, 0.1) is 12.6 Å². The molecule has 3 amide bonds. The molecule has 1 atom stereocenters. The van der Waals surface area contributed by atoms with Crippen molar-refractivity contribution >= 4 is 29.1 Å². The van der Waals surface area contributed by atoms with Crippen molar-refractivity contribution < 1.29 is 14.4 Å². The molecule has 1 aliphatic heterocycles. The van der Waals surface area contributed by atoms with E-state index in [9.17, 15) is 14.4 Å². The zero-order valence-electron chi connectivity index (χ0n) is 15.5. The minimum atomic E-state index is -0.140. The van der Waals surface area contributed by atoms with Crippen LogP contribution in [0.3, 0.4) is 0 Å². The Labute approximate surface area is 162 Å². The molecule has 1 aromatic carbocycles. The number of nitrogens with zero attached hydrogens (tertiary/aromatic N) is 2. The number of amides is 3. The van der Waals surface area contributed by atoms with Crippen molar-refractivity contribution in [3.63, 3.8) is 0 Å². The number of imide groups is 1. The van der Waals surface area contributed by atoms with Crippen LogP contribution in [-0.2, 0) is 16.1 Å². The summed E-state index contributed by atoms with van der Waals surface area (Å²) in [7, 11) is 3.98. The van der Waals surface area contributed by atoms with E-state index in [2.05, 4.69) is 16.3 Å². The molecule has 142 valence electrons. The monoisotopic (exact) mass is 385 g/mol. The molecule has 3 rings (SSSR count). The van der Waals surface area contributed by atoms with Gasteiger partial charge in [0.1, 0.15) is 0 Å². The zero-order chi connectivity index (χ0) is 19.4. The average molecular weight is 385 g/mol. The number of hydrogen-bond donors (Lipinski definition) is 1. The van der Waals surface area contributed by atoms with Gasteiger partial charge in [-0.1, -0.05) is 18.2 Å². The third-order valence-electron chi connectivity index (χ3n) is 4.66. The second kappa shape index (κ2) is 8.45. The third-order valence-corrected chi connectivity index (χ3v) is 5.64. The van der Waals surface area contributed by atoms with E-state index in [1.807, 2.05) is 25.5 Å². The van der Waals surface area contributed by atoms with Crippen LogP contribution >= 0.6 is 11.3 Å². The van der Waals surface area contributed by atoms with Gasteiger partial charge in [-0.3, -0.25) is 19.3 Å². The van der Waals surface area contributed by atoms with Crippen molar-refractivity contribution in [3.05, 3.63) is 57.8 Å². The summed E-state index contributed by atoms with van der Waals surface area (Å²) in [6.07, 6.45) is 0.577. The van der Waals surface area contributed by atoms with E-state index < -0.39 is 0 Å². The highest BCUT2D eigenvalue weighted by atomic mass is 32.1. The maximum absolute atomic E-state index is 12.5. The van der Waals surface area contributed by atoms with Crippen LogP contribution in [0.1, 0.15) is 39.7 Å². The lowest BCUT2D eigenvalue weighted by Crippen LogP contribution is -2.34. The molecule has 0 aliphatic carbocycles. The van der Waals surface area contributed by atoms with Crippen molar-refractivity contribution in [2.24, 2.45) is 0 Å². The van der Waals surface area contributed by atoms with Gasteiger partial charge >= 0.3 is 0 Å². The van der Waals surface area contributed by atoms with Gasteiger partial charge in [-0.25, -0.2) is 0 Å². The van der Waals surface area contributed by atoms with Gasteiger partial charge in [0.15, 0.2) is 0 Å². The molecule has 6 nitrogen and oxygen atoms in total. The molecule has 1 fully saturated rings. The molecule has 1 aliphatic rings. The van der Waals surface area contributed by atoms with Gasteiger partial charge in [0, 0.05) is 29.8 Å². The Balaban J connectivity index is 1.59. The van der Waals surface area contributed by atoms with Gasteiger partial charge in [0.2, 0.25) is 11.8 Å². The fraction of sp³-hybridized carbons (Fsp3) is 0.350. The fourth-order valence-electron chi connectivity index (χ4n) is 3.05. The van der Waals surface area contributed by atoms with E-state index in [4.69, 9.17) is 0 Å². The van der Waals surface area contributed by atoms with E-state index in [1.54, 1.807) is 35.6 Å². The summed E-state index contributed by atoms with van der Waals surface area (Å²) in [6, 6.07) is 11.2. The van der Waals surface area contributed by atoms with Crippen molar-refractivity contribution in [2.45, 2.75) is 25.4 Å². The summed E-state index contributed by atoms with van der Waals surface area (Å²) in [5, 5.41) is 5.01. The highest BCUT2D eigenvalue weighted by Gasteiger charge is 2.28. The molecule has 2 heterocycles. The quantitative estimate of drug-likeness (QED) is 0.743. The highest BCUT2D eigenvalue weighted by molar-refractivity contribution is 7.10. The largest absolute Gasteiger partial charge is 0.350 e. The Hall–Kier alpha value is -2.51. The Morgan fingerprint density at radius 3 is 2.37 bits per heavy atom. The summed E-state index contributed by atoms with van der Waals surface area (Å²) < 4.78 is 0. The summed E-state index contributed by atoms with van der Waals surface area (Å²) in [4.78, 5) is 40.4. The predicted molar refractivity (Wildman–Crippen MR) is 104 cm³/mol. The van der Waals surface area contributed by atoms with E-state index in [0.717, 1.165) is 5.56 Å². The molecule has 0 spiro atoms. The lowest BCUT2D eigenvalue weighted by Gasteiger charge is -2.23. The van der Waals surface area contributed by atoms with Gasteiger partial charge in [-0.2, -0.15) is 0 Å². The fourth-order valence-corrected chi connectivity index (χ4v) is 3.98. The maximum atomic E-state index is 12.5. The average Bonchev–Trinajstić information content (AvgIpc) is 3.28. The number of nitrogens with one attached hydrogen (secondary N) is 1. The van der Waals surface area contributed by atoms with Gasteiger partial charge < -0.3 is 10.2 Å². The maximum Gasteiger partial charge on any atom is 0.251 e. The number of carbonyl (C=O) groups excluding carboxylic acids is 3. The van der Waals surface area contributed by atoms with Crippen LogP contribution in [0, 0.1) is 0 Å². The number of rotatable bonds is 7. The van der Waals surface area contributed by atoms with E-state index >= 15 is 0 Å². The first-order chi connectivity index (χ1) is 13.0. The molecule has 0 bridgehead atoms. The molecule has 0 saturated carbocycles. The number of thiophene rings is 1. The first-order valence-corrected chi connectivity index (χ1v) is 9.74. The summed E-state index contributed by atoms with van der Waals surface area (Å²) in [5.41, 5.74) is 1.39. The highest BCUT2D eigenvalue weighted by Crippen LogP contribution is 2.22. The number of carbonyl (C=O) groups is 3. The number of likely N-dealkylation sites (tertiary alicyclic amines) is 1. The SMILES string of the molecule is CN(C)C(CNC(=O)c1ccc(CN2C(=O)CCC2=O)cc1)c1cccs1. The van der Waals surface area contributed by atoms with Crippen molar-refractivity contribution in [2.75, 3.05) is 20.6 Å². The summed E-state index contributed by atoms with van der Waals surface area (Å²) in [6.45, 7) is 0.783. The van der Waals surface area contributed by atoms with E-state index in [0.29, 0.717) is 12.1 Å². The molecular formula is C20H23N3O3S. The van der Waals surface area contributed by atoms with Gasteiger partial charge in [0.25, 0.3) is 5.91 Å². The lowest BCUT2D eigenvalue weighted by atomic mass is 10.1. The molecular weight excluding hydrogens is 362 g/mol. The van der Waals surface area contributed by atoms with Crippen molar-refractivity contribution in [1.82, 2.24) is 15.1 Å². The van der Waals surface area contributed by atoms with Crippen molar-refractivity contribution in [3.8, 4) is 0 Å². The minimum Gasteiger partial charge on any atom is -0.350 e. The Bertz CT molecular complexity index is 800. The zero-order valence-corrected chi connectivity index (χ0v) is 16.3. The second-order valence-electron chi connectivity index (χ2n) is 6.78. The van der Waals surface area contributed by atoms with E-state index in [1.165, 1.54) is 9.78 Å². The Kier molecular flexibility index (Phi) is 6.03. The summed E-state index contributed by atoms with van der Waals surface area (Å²) >= 11 is 1.67. The first-order valence-electron chi connectivity index (χ1n) is 8.86. The van der Waals surface area contributed by atoms with Crippen LogP contribution in [0.15, 0.2) is 41.8 Å². The molecule has 1 aromatic heterocycles. The number of likely N-dealkylation sites (N-methyl/N-ethyl adjacent to an activating group) is 1. The number of hydrogen-bond acceptors (Lipinski definition) is 5. The van der Waals surface area contributed by atoms with Crippen LogP contribution in [0.25, 0.3) is 0 Å². The van der Waals surface area contributed by atoms with Crippen LogP contribution in [-0.4, -0.2) is 48.2 Å². The Morgan fingerprint density at radius 1 is 1.15 bits per heavy atom. The molecule has 1 unspecified atom stereocenters. The van der Waals surface area contributed by atoms with Crippen LogP contribution in [0.4, 0.5) is 0 Å². The van der Waals surface area contributed by atoms with Gasteiger partial charge in [-0.15, -0.1) is 11.3 Å². The molecule has 2 aromatic rings. The second-order valence-corrected chi connectivity index (χ2v) is 7.75. The first kappa shape index (κ1) is 19.3. The van der Waals surface area contributed by atoms with Crippen LogP contribution in [0.2, 0.25) is 0 Å².